The molecule has 0 saturated heterocycles. The predicted octanol–water partition coefficient (Wildman–Crippen LogP) is 2.59. The highest BCUT2D eigenvalue weighted by molar-refractivity contribution is 7.80. The van der Waals surface area contributed by atoms with Crippen molar-refractivity contribution in [1.29, 1.82) is 0 Å². The number of rotatable bonds is 3. The maximum absolute atomic E-state index is 9.94. The molecule has 2 rings (SSSR count). The van der Waals surface area contributed by atoms with Crippen molar-refractivity contribution >= 4 is 28.7 Å². The quantitative estimate of drug-likeness (QED) is 0.298. The van der Waals surface area contributed by atoms with E-state index in [9.17, 15) is 15.3 Å². The molecular weight excluding hydrogens is 314 g/mol. The van der Waals surface area contributed by atoms with Gasteiger partial charge in [0, 0.05) is 5.56 Å². The SMILES string of the molecule is C/C(=N\N(C(N)=S)c1cccc(C)c1)c1ccc(O)c(O)c1O. The van der Waals surface area contributed by atoms with E-state index in [1.807, 2.05) is 25.1 Å². The van der Waals surface area contributed by atoms with Gasteiger partial charge in [-0.25, -0.2) is 5.01 Å². The lowest BCUT2D eigenvalue weighted by atomic mass is 10.1. The summed E-state index contributed by atoms with van der Waals surface area (Å²) in [6.45, 7) is 3.56. The summed E-state index contributed by atoms with van der Waals surface area (Å²) in [5.74, 6) is -1.48. The molecule has 0 radical (unpaired) electrons. The maximum atomic E-state index is 9.94. The Bertz CT molecular complexity index is 790. The van der Waals surface area contributed by atoms with Gasteiger partial charge in [0.25, 0.3) is 0 Å². The first-order valence-electron chi connectivity index (χ1n) is 6.77. The van der Waals surface area contributed by atoms with Crippen LogP contribution < -0.4 is 10.7 Å². The highest BCUT2D eigenvalue weighted by Gasteiger charge is 2.15. The molecule has 0 heterocycles. The zero-order chi connectivity index (χ0) is 17.1. The van der Waals surface area contributed by atoms with E-state index < -0.39 is 17.2 Å². The summed E-state index contributed by atoms with van der Waals surface area (Å²) in [4.78, 5) is 0. The topological polar surface area (TPSA) is 102 Å². The molecule has 0 saturated carbocycles. The maximum Gasteiger partial charge on any atom is 0.200 e. The largest absolute Gasteiger partial charge is 0.504 e. The van der Waals surface area contributed by atoms with Crippen molar-refractivity contribution in [3.63, 3.8) is 0 Å². The van der Waals surface area contributed by atoms with E-state index in [2.05, 4.69) is 5.10 Å². The highest BCUT2D eigenvalue weighted by atomic mass is 32.1. The van der Waals surface area contributed by atoms with Gasteiger partial charge < -0.3 is 21.1 Å². The molecule has 0 amide bonds. The van der Waals surface area contributed by atoms with Crippen LogP contribution in [0.4, 0.5) is 5.69 Å². The van der Waals surface area contributed by atoms with E-state index in [1.54, 1.807) is 13.0 Å². The second-order valence-corrected chi connectivity index (χ2v) is 5.42. The first-order valence-corrected chi connectivity index (χ1v) is 7.17. The van der Waals surface area contributed by atoms with Gasteiger partial charge in [-0.05, 0) is 55.9 Å². The van der Waals surface area contributed by atoms with Crippen molar-refractivity contribution in [2.45, 2.75) is 13.8 Å². The average Bonchev–Trinajstić information content (AvgIpc) is 2.50. The van der Waals surface area contributed by atoms with Gasteiger partial charge in [0.2, 0.25) is 5.75 Å². The third-order valence-corrected chi connectivity index (χ3v) is 3.40. The van der Waals surface area contributed by atoms with Crippen LogP contribution in [0.3, 0.4) is 0 Å². The van der Waals surface area contributed by atoms with Crippen molar-refractivity contribution in [3.05, 3.63) is 47.5 Å². The van der Waals surface area contributed by atoms with Crippen LogP contribution in [0.1, 0.15) is 18.1 Å². The summed E-state index contributed by atoms with van der Waals surface area (Å²) in [6, 6.07) is 10.2. The smallest absolute Gasteiger partial charge is 0.200 e. The molecule has 0 unspecified atom stereocenters. The number of thiocarbonyl (C=S) groups is 1. The number of aromatic hydroxyl groups is 3. The van der Waals surface area contributed by atoms with E-state index in [0.29, 0.717) is 11.4 Å². The Morgan fingerprint density at radius 1 is 1.13 bits per heavy atom. The van der Waals surface area contributed by atoms with Gasteiger partial charge in [-0.15, -0.1) is 0 Å². The summed E-state index contributed by atoms with van der Waals surface area (Å²) in [5.41, 5.74) is 8.06. The molecule has 2 aromatic rings. The summed E-state index contributed by atoms with van der Waals surface area (Å²) in [6.07, 6.45) is 0. The first-order chi connectivity index (χ1) is 10.8. The molecular formula is C16H17N3O3S. The predicted molar refractivity (Wildman–Crippen MR) is 94.1 cm³/mol. The van der Waals surface area contributed by atoms with Gasteiger partial charge in [-0.3, -0.25) is 0 Å². The fraction of sp³-hybridized carbons (Fsp3) is 0.125. The van der Waals surface area contributed by atoms with Crippen LogP contribution >= 0.6 is 12.2 Å². The molecule has 120 valence electrons. The Hall–Kier alpha value is -2.80. The second kappa shape index (κ2) is 6.53. The molecule has 23 heavy (non-hydrogen) atoms. The van der Waals surface area contributed by atoms with Crippen LogP contribution in [-0.4, -0.2) is 26.1 Å². The molecule has 2 aromatic carbocycles. The van der Waals surface area contributed by atoms with Gasteiger partial charge in [-0.1, -0.05) is 12.1 Å². The van der Waals surface area contributed by atoms with Gasteiger partial charge in [0.05, 0.1) is 11.4 Å². The lowest BCUT2D eigenvalue weighted by molar-refractivity contribution is 0.367. The molecule has 7 heteroatoms. The van der Waals surface area contributed by atoms with E-state index in [1.165, 1.54) is 17.1 Å². The summed E-state index contributed by atoms with van der Waals surface area (Å²) in [5, 5.41) is 34.7. The molecule has 6 nitrogen and oxygen atoms in total. The van der Waals surface area contributed by atoms with Crippen LogP contribution in [0, 0.1) is 6.92 Å². The van der Waals surface area contributed by atoms with Crippen LogP contribution in [0.2, 0.25) is 0 Å². The fourth-order valence-corrected chi connectivity index (χ4v) is 2.21. The third-order valence-electron chi connectivity index (χ3n) is 3.22. The zero-order valence-electron chi connectivity index (χ0n) is 12.7. The lowest BCUT2D eigenvalue weighted by Gasteiger charge is -2.19. The monoisotopic (exact) mass is 331 g/mol. The minimum Gasteiger partial charge on any atom is -0.504 e. The van der Waals surface area contributed by atoms with Crippen molar-refractivity contribution < 1.29 is 15.3 Å². The summed E-state index contributed by atoms with van der Waals surface area (Å²) in [7, 11) is 0. The number of hydrogen-bond acceptors (Lipinski definition) is 5. The molecule has 0 atom stereocenters. The molecule has 5 N–H and O–H groups in total. The molecule has 0 aliphatic heterocycles. The number of anilines is 1. The first kappa shape index (κ1) is 16.6. The summed E-state index contributed by atoms with van der Waals surface area (Å²) >= 11 is 5.03. The number of phenols is 3. The number of nitrogens with zero attached hydrogens (tertiary/aromatic N) is 2. The van der Waals surface area contributed by atoms with Crippen LogP contribution in [0.5, 0.6) is 17.2 Å². The minimum absolute atomic E-state index is 0.0393. The van der Waals surface area contributed by atoms with Gasteiger partial charge in [-0.2, -0.15) is 5.10 Å². The Balaban J connectivity index is 2.48. The number of hydrogen-bond donors (Lipinski definition) is 4. The van der Waals surface area contributed by atoms with E-state index >= 15 is 0 Å². The van der Waals surface area contributed by atoms with E-state index in [-0.39, 0.29) is 10.7 Å². The molecule has 0 spiro atoms. The van der Waals surface area contributed by atoms with Crippen molar-refractivity contribution in [2.24, 2.45) is 10.8 Å². The van der Waals surface area contributed by atoms with Crippen molar-refractivity contribution in [3.8, 4) is 17.2 Å². The van der Waals surface area contributed by atoms with Crippen LogP contribution in [0.15, 0.2) is 41.5 Å². The van der Waals surface area contributed by atoms with E-state index in [0.717, 1.165) is 5.56 Å². The van der Waals surface area contributed by atoms with Gasteiger partial charge >= 0.3 is 0 Å². The number of hydrazone groups is 1. The third kappa shape index (κ3) is 3.51. The number of aryl methyl sites for hydroxylation is 1. The standard InChI is InChI=1S/C16H17N3O3S/c1-9-4-3-5-11(8-9)19(16(17)23)18-10(2)12-6-7-13(20)15(22)14(12)21/h3-8,20-22H,1-2H3,(H2,17,23)/b18-10+. The van der Waals surface area contributed by atoms with Crippen molar-refractivity contribution in [2.75, 3.05) is 5.01 Å². The van der Waals surface area contributed by atoms with Crippen molar-refractivity contribution in [1.82, 2.24) is 0 Å². The molecule has 0 fully saturated rings. The minimum atomic E-state index is -0.602. The van der Waals surface area contributed by atoms with Gasteiger partial charge in [0.15, 0.2) is 16.6 Å². The normalized spacial score (nSPS) is 11.3. The average molecular weight is 331 g/mol. The molecule has 0 aromatic heterocycles. The number of nitrogens with two attached hydrogens (primary N) is 1. The Labute approximate surface area is 139 Å². The van der Waals surface area contributed by atoms with E-state index in [4.69, 9.17) is 18.0 Å². The lowest BCUT2D eigenvalue weighted by Crippen LogP contribution is -2.31. The zero-order valence-corrected chi connectivity index (χ0v) is 13.5. The molecule has 0 aliphatic carbocycles. The summed E-state index contributed by atoms with van der Waals surface area (Å²) < 4.78 is 0. The fourth-order valence-electron chi connectivity index (χ4n) is 2.06. The Kier molecular flexibility index (Phi) is 4.71. The molecule has 0 aliphatic rings. The Morgan fingerprint density at radius 3 is 2.43 bits per heavy atom. The molecule has 0 bridgehead atoms. The van der Waals surface area contributed by atoms with Crippen LogP contribution in [-0.2, 0) is 0 Å². The van der Waals surface area contributed by atoms with Gasteiger partial charge in [0.1, 0.15) is 0 Å². The number of benzene rings is 2. The number of phenolic OH excluding ortho intramolecular Hbond substituents is 3. The Morgan fingerprint density at radius 2 is 1.83 bits per heavy atom. The second-order valence-electron chi connectivity index (χ2n) is 5.00. The van der Waals surface area contributed by atoms with Crippen LogP contribution in [0.25, 0.3) is 0 Å². The highest BCUT2D eigenvalue weighted by Crippen LogP contribution is 2.37.